The monoisotopic (exact) mass is 472 g/mol. The standard InChI is InChI=1S/C27H28N4O4/c1-4-33-24-16-21(12-15-23(24)34-18(2)3)25(30-22-13-10-19(17-28)11-14-22)27(32)35-31-26(29)20-8-6-5-7-9-20/h5-16,18,25,30H,4H2,1-3H3,(H2,29,31). The predicted octanol–water partition coefficient (Wildman–Crippen LogP) is 4.76. The second kappa shape index (κ2) is 12.1. The second-order valence-corrected chi connectivity index (χ2v) is 7.83. The van der Waals surface area contributed by atoms with Gasteiger partial charge in [0.15, 0.2) is 23.4 Å². The molecule has 0 heterocycles. The Bertz CT molecular complexity index is 1200. The number of carbonyl (C=O) groups excluding carboxylic acids is 1. The first-order valence-corrected chi connectivity index (χ1v) is 11.2. The van der Waals surface area contributed by atoms with Crippen LogP contribution < -0.4 is 20.5 Å². The van der Waals surface area contributed by atoms with Crippen molar-refractivity contribution < 1.29 is 19.1 Å². The number of hydrogen-bond acceptors (Lipinski definition) is 7. The molecule has 1 unspecified atom stereocenters. The number of amidine groups is 1. The maximum absolute atomic E-state index is 13.2. The van der Waals surface area contributed by atoms with Gasteiger partial charge in [0.1, 0.15) is 0 Å². The van der Waals surface area contributed by atoms with Gasteiger partial charge in [0.2, 0.25) is 0 Å². The number of carbonyl (C=O) groups is 1. The average molecular weight is 473 g/mol. The van der Waals surface area contributed by atoms with Crippen molar-refractivity contribution in [3.05, 3.63) is 89.5 Å². The molecule has 35 heavy (non-hydrogen) atoms. The normalized spacial score (nSPS) is 11.9. The molecule has 0 bridgehead atoms. The Hall–Kier alpha value is -4.51. The zero-order valence-electron chi connectivity index (χ0n) is 19.9. The highest BCUT2D eigenvalue weighted by atomic mass is 16.7. The third-order valence-electron chi connectivity index (χ3n) is 4.83. The van der Waals surface area contributed by atoms with Crippen molar-refractivity contribution in [2.75, 3.05) is 11.9 Å². The van der Waals surface area contributed by atoms with Crippen LogP contribution >= 0.6 is 0 Å². The van der Waals surface area contributed by atoms with Gasteiger partial charge < -0.3 is 25.4 Å². The van der Waals surface area contributed by atoms with Gasteiger partial charge in [-0.25, -0.2) is 4.79 Å². The van der Waals surface area contributed by atoms with Gasteiger partial charge in [-0.15, -0.1) is 0 Å². The number of nitrogens with one attached hydrogen (secondary N) is 1. The van der Waals surface area contributed by atoms with E-state index in [0.717, 1.165) is 0 Å². The molecule has 3 aromatic rings. The topological polar surface area (TPSA) is 119 Å². The molecular formula is C27H28N4O4. The number of nitrogens with zero attached hydrogens (tertiary/aromatic N) is 2. The molecule has 3 N–H and O–H groups in total. The summed E-state index contributed by atoms with van der Waals surface area (Å²) in [5.41, 5.74) is 8.31. The van der Waals surface area contributed by atoms with Crippen LogP contribution in [0.5, 0.6) is 11.5 Å². The summed E-state index contributed by atoms with van der Waals surface area (Å²) in [4.78, 5) is 18.4. The average Bonchev–Trinajstić information content (AvgIpc) is 2.87. The third kappa shape index (κ3) is 6.98. The summed E-state index contributed by atoms with van der Waals surface area (Å²) in [6, 6.07) is 22.1. The molecule has 0 aromatic heterocycles. The Balaban J connectivity index is 1.93. The van der Waals surface area contributed by atoms with Crippen LogP contribution in [0.3, 0.4) is 0 Å². The highest BCUT2D eigenvalue weighted by Crippen LogP contribution is 2.33. The first kappa shape index (κ1) is 25.1. The molecule has 0 aliphatic rings. The van der Waals surface area contributed by atoms with Crippen LogP contribution in [0, 0.1) is 11.3 Å². The second-order valence-electron chi connectivity index (χ2n) is 7.83. The Morgan fingerprint density at radius 3 is 2.40 bits per heavy atom. The van der Waals surface area contributed by atoms with E-state index in [1.165, 1.54) is 0 Å². The van der Waals surface area contributed by atoms with Gasteiger partial charge in [-0.2, -0.15) is 5.26 Å². The minimum Gasteiger partial charge on any atom is -0.490 e. The van der Waals surface area contributed by atoms with Gasteiger partial charge in [-0.05, 0) is 62.7 Å². The molecule has 1 atom stereocenters. The van der Waals surface area contributed by atoms with Crippen LogP contribution in [0.4, 0.5) is 5.69 Å². The fourth-order valence-electron chi connectivity index (χ4n) is 3.22. The number of benzene rings is 3. The fraction of sp³-hybridized carbons (Fsp3) is 0.222. The summed E-state index contributed by atoms with van der Waals surface area (Å²) in [6.45, 7) is 6.14. The van der Waals surface area contributed by atoms with Crippen molar-refractivity contribution in [3.8, 4) is 17.6 Å². The molecule has 0 aliphatic heterocycles. The highest BCUT2D eigenvalue weighted by molar-refractivity contribution is 5.97. The van der Waals surface area contributed by atoms with Crippen molar-refractivity contribution in [3.63, 3.8) is 0 Å². The van der Waals surface area contributed by atoms with E-state index < -0.39 is 12.0 Å². The van der Waals surface area contributed by atoms with Crippen molar-refractivity contribution >= 4 is 17.5 Å². The highest BCUT2D eigenvalue weighted by Gasteiger charge is 2.25. The van der Waals surface area contributed by atoms with Crippen molar-refractivity contribution in [1.82, 2.24) is 0 Å². The Labute approximate surface area is 204 Å². The van der Waals surface area contributed by atoms with E-state index >= 15 is 0 Å². The summed E-state index contributed by atoms with van der Waals surface area (Å²) in [5.74, 6) is 0.479. The summed E-state index contributed by atoms with van der Waals surface area (Å²) in [6.07, 6.45) is -0.0482. The number of oxime groups is 1. The van der Waals surface area contributed by atoms with Crippen LogP contribution in [-0.2, 0) is 9.63 Å². The Morgan fingerprint density at radius 1 is 1.06 bits per heavy atom. The largest absolute Gasteiger partial charge is 0.490 e. The van der Waals surface area contributed by atoms with E-state index in [1.807, 2.05) is 39.0 Å². The molecule has 0 amide bonds. The number of nitriles is 1. The van der Waals surface area contributed by atoms with Gasteiger partial charge in [0.25, 0.3) is 0 Å². The van der Waals surface area contributed by atoms with Crippen LogP contribution in [0.1, 0.15) is 43.5 Å². The number of hydrogen-bond donors (Lipinski definition) is 2. The number of rotatable bonds is 10. The minimum absolute atomic E-state index is 0.0482. The molecule has 0 aliphatic carbocycles. The summed E-state index contributed by atoms with van der Waals surface area (Å²) >= 11 is 0. The van der Waals surface area contributed by atoms with Crippen molar-refractivity contribution in [1.29, 1.82) is 5.26 Å². The fourth-order valence-corrected chi connectivity index (χ4v) is 3.22. The van der Waals surface area contributed by atoms with Crippen LogP contribution in [-0.4, -0.2) is 24.5 Å². The van der Waals surface area contributed by atoms with Crippen LogP contribution in [0.15, 0.2) is 78.0 Å². The van der Waals surface area contributed by atoms with Crippen LogP contribution in [0.2, 0.25) is 0 Å². The smallest absolute Gasteiger partial charge is 0.361 e. The molecular weight excluding hydrogens is 444 g/mol. The molecule has 3 rings (SSSR count). The molecule has 180 valence electrons. The van der Waals surface area contributed by atoms with Gasteiger partial charge in [0, 0.05) is 11.3 Å². The quantitative estimate of drug-likeness (QED) is 0.189. The lowest BCUT2D eigenvalue weighted by atomic mass is 10.1. The minimum atomic E-state index is -0.942. The molecule has 0 spiro atoms. The third-order valence-corrected chi connectivity index (χ3v) is 4.83. The van der Waals surface area contributed by atoms with E-state index in [9.17, 15) is 4.79 Å². The molecule has 0 radical (unpaired) electrons. The lowest BCUT2D eigenvalue weighted by Gasteiger charge is -2.20. The number of nitrogens with two attached hydrogens (primary N) is 1. The Morgan fingerprint density at radius 2 is 1.77 bits per heavy atom. The van der Waals surface area contributed by atoms with Gasteiger partial charge >= 0.3 is 5.97 Å². The van der Waals surface area contributed by atoms with Gasteiger partial charge in [0.05, 0.1) is 24.3 Å². The zero-order chi connectivity index (χ0) is 25.2. The molecule has 3 aromatic carbocycles. The first-order valence-electron chi connectivity index (χ1n) is 11.2. The number of ether oxygens (including phenoxy) is 2. The molecule has 8 heteroatoms. The SMILES string of the molecule is CCOc1cc(C(Nc2ccc(C#N)cc2)C(=O)O/N=C(\N)c2ccccc2)ccc1OC(C)C. The van der Waals surface area contributed by atoms with E-state index in [2.05, 4.69) is 16.5 Å². The van der Waals surface area contributed by atoms with Crippen molar-refractivity contribution in [2.24, 2.45) is 10.9 Å². The van der Waals surface area contributed by atoms with Crippen LogP contribution in [0.25, 0.3) is 0 Å². The lowest BCUT2D eigenvalue weighted by Crippen LogP contribution is -2.24. The van der Waals surface area contributed by atoms with E-state index in [0.29, 0.717) is 40.5 Å². The maximum Gasteiger partial charge on any atom is 0.361 e. The predicted molar refractivity (Wildman–Crippen MR) is 134 cm³/mol. The maximum atomic E-state index is 13.2. The van der Waals surface area contributed by atoms with E-state index in [-0.39, 0.29) is 11.9 Å². The number of anilines is 1. The Kier molecular flexibility index (Phi) is 8.68. The summed E-state index contributed by atoms with van der Waals surface area (Å²) in [5, 5.41) is 16.0. The molecule has 0 saturated heterocycles. The molecule has 0 saturated carbocycles. The summed E-state index contributed by atoms with van der Waals surface area (Å²) < 4.78 is 11.6. The zero-order valence-corrected chi connectivity index (χ0v) is 19.9. The van der Waals surface area contributed by atoms with E-state index in [4.69, 9.17) is 25.3 Å². The first-order chi connectivity index (χ1) is 16.9. The lowest BCUT2D eigenvalue weighted by molar-refractivity contribution is -0.144. The van der Waals surface area contributed by atoms with Gasteiger partial charge in [-0.3, -0.25) is 0 Å². The van der Waals surface area contributed by atoms with Crippen molar-refractivity contribution in [2.45, 2.75) is 32.9 Å². The molecule has 8 nitrogen and oxygen atoms in total. The summed E-state index contributed by atoms with van der Waals surface area (Å²) in [7, 11) is 0. The van der Waals surface area contributed by atoms with Gasteiger partial charge in [-0.1, -0.05) is 41.6 Å². The van der Waals surface area contributed by atoms with E-state index in [1.54, 1.807) is 54.6 Å². The molecule has 0 fully saturated rings.